The highest BCUT2D eigenvalue weighted by molar-refractivity contribution is 7.11. The highest BCUT2D eigenvalue weighted by Crippen LogP contribution is 2.21. The quantitative estimate of drug-likeness (QED) is 0.785. The van der Waals surface area contributed by atoms with Gasteiger partial charge in [-0.05, 0) is 51.3 Å². The Morgan fingerprint density at radius 1 is 1.05 bits per heavy atom. The Morgan fingerprint density at radius 3 is 2.30 bits per heavy atom. The van der Waals surface area contributed by atoms with Crippen LogP contribution in [0.4, 0.5) is 0 Å². The number of hydrogen-bond donors (Lipinski definition) is 1. The third-order valence-electron chi connectivity index (χ3n) is 3.68. The fraction of sp³-hybridized carbons (Fsp3) is 0.444. The van der Waals surface area contributed by atoms with Crippen LogP contribution in [0.15, 0.2) is 36.4 Å². The number of thiophene rings is 1. The van der Waals surface area contributed by atoms with Gasteiger partial charge in [-0.3, -0.25) is 0 Å². The van der Waals surface area contributed by atoms with Crippen molar-refractivity contribution in [3.05, 3.63) is 57.3 Å². The molecule has 0 fully saturated rings. The number of aryl methyl sites for hydroxylation is 2. The van der Waals surface area contributed by atoms with E-state index in [-0.39, 0.29) is 0 Å². The molecule has 1 aromatic carbocycles. The topological polar surface area (TPSA) is 12.0 Å². The monoisotopic (exact) mass is 287 g/mol. The van der Waals surface area contributed by atoms with Crippen LogP contribution in [0.2, 0.25) is 0 Å². The molecule has 2 heteroatoms. The molecule has 2 aromatic rings. The maximum atomic E-state index is 3.77. The second-order valence-electron chi connectivity index (χ2n) is 5.66. The van der Waals surface area contributed by atoms with Crippen molar-refractivity contribution in [3.8, 4) is 0 Å². The molecule has 1 N–H and O–H groups in total. The first-order chi connectivity index (χ1) is 9.58. The Hall–Kier alpha value is -1.12. The van der Waals surface area contributed by atoms with Gasteiger partial charge in [-0.1, -0.05) is 36.8 Å². The number of nitrogens with one attached hydrogen (secondary N) is 1. The van der Waals surface area contributed by atoms with Gasteiger partial charge < -0.3 is 5.32 Å². The maximum Gasteiger partial charge on any atom is 0.0320 e. The number of benzene rings is 1. The molecule has 2 rings (SSSR count). The molecule has 0 saturated heterocycles. The van der Waals surface area contributed by atoms with E-state index in [1.807, 2.05) is 11.3 Å². The summed E-state index contributed by atoms with van der Waals surface area (Å²) in [5.74, 6) is 0. The van der Waals surface area contributed by atoms with Crippen molar-refractivity contribution in [2.75, 3.05) is 0 Å². The van der Waals surface area contributed by atoms with Gasteiger partial charge >= 0.3 is 0 Å². The van der Waals surface area contributed by atoms with Crippen LogP contribution < -0.4 is 5.32 Å². The fourth-order valence-electron chi connectivity index (χ4n) is 2.55. The van der Waals surface area contributed by atoms with Crippen molar-refractivity contribution in [2.24, 2.45) is 0 Å². The van der Waals surface area contributed by atoms with Gasteiger partial charge in [-0.25, -0.2) is 0 Å². The molecular weight excluding hydrogens is 262 g/mol. The highest BCUT2D eigenvalue weighted by atomic mass is 32.1. The molecule has 2 atom stereocenters. The van der Waals surface area contributed by atoms with Crippen LogP contribution in [0.1, 0.15) is 47.2 Å². The Balaban J connectivity index is 1.97. The van der Waals surface area contributed by atoms with Gasteiger partial charge in [-0.15, -0.1) is 11.3 Å². The van der Waals surface area contributed by atoms with Gasteiger partial charge in [0.05, 0.1) is 0 Å². The van der Waals surface area contributed by atoms with Crippen molar-refractivity contribution in [1.82, 2.24) is 5.32 Å². The van der Waals surface area contributed by atoms with E-state index in [9.17, 15) is 0 Å². The van der Waals surface area contributed by atoms with Crippen LogP contribution >= 0.6 is 11.3 Å². The summed E-state index contributed by atoms with van der Waals surface area (Å²) < 4.78 is 0. The van der Waals surface area contributed by atoms with Crippen LogP contribution in [0, 0.1) is 13.8 Å². The summed E-state index contributed by atoms with van der Waals surface area (Å²) in [7, 11) is 0. The van der Waals surface area contributed by atoms with Gasteiger partial charge in [0, 0.05) is 21.8 Å². The van der Waals surface area contributed by atoms with Crippen LogP contribution in [0.25, 0.3) is 0 Å². The normalized spacial score (nSPS) is 14.2. The zero-order valence-corrected chi connectivity index (χ0v) is 13.8. The Bertz CT molecular complexity index is 527. The number of rotatable bonds is 6. The summed E-state index contributed by atoms with van der Waals surface area (Å²) in [6.45, 7) is 8.85. The molecule has 2 unspecified atom stereocenters. The zero-order chi connectivity index (χ0) is 14.5. The van der Waals surface area contributed by atoms with E-state index in [0.29, 0.717) is 12.1 Å². The second-order valence-corrected chi connectivity index (χ2v) is 7.03. The molecule has 1 nitrogen and oxygen atoms in total. The molecule has 0 spiro atoms. The molecule has 0 amide bonds. The maximum absolute atomic E-state index is 3.77. The molecule has 0 saturated carbocycles. The standard InChI is InChI=1S/C18H25NS/c1-5-18(16-9-6-13(2)7-10-16)19-14(3)12-17-11-8-15(4)20-17/h6-11,14,18-19H,5,12H2,1-4H3. The summed E-state index contributed by atoms with van der Waals surface area (Å²) in [6.07, 6.45) is 2.23. The minimum absolute atomic E-state index is 0.451. The molecule has 20 heavy (non-hydrogen) atoms. The molecule has 0 aliphatic rings. The minimum Gasteiger partial charge on any atom is -0.307 e. The van der Waals surface area contributed by atoms with Crippen molar-refractivity contribution in [2.45, 2.75) is 52.6 Å². The van der Waals surface area contributed by atoms with Gasteiger partial charge in [-0.2, -0.15) is 0 Å². The van der Waals surface area contributed by atoms with Crippen LogP contribution in [0.3, 0.4) is 0 Å². The van der Waals surface area contributed by atoms with Gasteiger partial charge in [0.2, 0.25) is 0 Å². The highest BCUT2D eigenvalue weighted by Gasteiger charge is 2.13. The van der Waals surface area contributed by atoms with Gasteiger partial charge in [0.25, 0.3) is 0 Å². The lowest BCUT2D eigenvalue weighted by Gasteiger charge is -2.22. The van der Waals surface area contributed by atoms with Crippen LogP contribution in [-0.4, -0.2) is 6.04 Å². The lowest BCUT2D eigenvalue weighted by atomic mass is 10.0. The molecule has 1 aromatic heterocycles. The molecule has 0 bridgehead atoms. The average Bonchev–Trinajstić information content (AvgIpc) is 2.82. The molecule has 0 radical (unpaired) electrons. The van der Waals surface area contributed by atoms with Crippen molar-refractivity contribution < 1.29 is 0 Å². The van der Waals surface area contributed by atoms with E-state index in [4.69, 9.17) is 0 Å². The van der Waals surface area contributed by atoms with Gasteiger partial charge in [0.1, 0.15) is 0 Å². The molecular formula is C18H25NS. The van der Waals surface area contributed by atoms with Crippen molar-refractivity contribution in [3.63, 3.8) is 0 Å². The van der Waals surface area contributed by atoms with E-state index in [0.717, 1.165) is 12.8 Å². The fourth-order valence-corrected chi connectivity index (χ4v) is 3.57. The predicted octanol–water partition coefficient (Wildman–Crippen LogP) is 5.04. The first-order valence-corrected chi connectivity index (χ1v) is 8.28. The third kappa shape index (κ3) is 4.19. The van der Waals surface area contributed by atoms with Crippen molar-refractivity contribution in [1.29, 1.82) is 0 Å². The Labute approximate surface area is 127 Å². The SMILES string of the molecule is CCC(NC(C)Cc1ccc(C)s1)c1ccc(C)cc1. The van der Waals surface area contributed by atoms with Gasteiger partial charge in [0.15, 0.2) is 0 Å². The summed E-state index contributed by atoms with van der Waals surface area (Å²) in [5.41, 5.74) is 2.72. The average molecular weight is 287 g/mol. The van der Waals surface area contributed by atoms with Crippen molar-refractivity contribution >= 4 is 11.3 Å². The Kier molecular flexibility index (Phi) is 5.38. The van der Waals surface area contributed by atoms with E-state index in [2.05, 4.69) is 69.4 Å². The molecule has 0 aliphatic carbocycles. The zero-order valence-electron chi connectivity index (χ0n) is 12.9. The number of hydrogen-bond acceptors (Lipinski definition) is 2. The van der Waals surface area contributed by atoms with Crippen LogP contribution in [0.5, 0.6) is 0 Å². The van der Waals surface area contributed by atoms with E-state index in [1.165, 1.54) is 20.9 Å². The second kappa shape index (κ2) is 7.05. The molecule has 0 aliphatic heterocycles. The summed E-state index contributed by atoms with van der Waals surface area (Å²) in [5, 5.41) is 3.77. The lowest BCUT2D eigenvalue weighted by molar-refractivity contribution is 0.445. The minimum atomic E-state index is 0.451. The largest absolute Gasteiger partial charge is 0.307 e. The smallest absolute Gasteiger partial charge is 0.0320 e. The lowest BCUT2D eigenvalue weighted by Crippen LogP contribution is -2.31. The first-order valence-electron chi connectivity index (χ1n) is 7.46. The first kappa shape index (κ1) is 15.3. The molecule has 108 valence electrons. The van der Waals surface area contributed by atoms with E-state index >= 15 is 0 Å². The third-order valence-corrected chi connectivity index (χ3v) is 4.70. The summed E-state index contributed by atoms with van der Waals surface area (Å²) in [4.78, 5) is 2.87. The molecule has 1 heterocycles. The van der Waals surface area contributed by atoms with E-state index < -0.39 is 0 Å². The Morgan fingerprint density at radius 2 is 1.75 bits per heavy atom. The van der Waals surface area contributed by atoms with Crippen LogP contribution in [-0.2, 0) is 6.42 Å². The van der Waals surface area contributed by atoms with E-state index in [1.54, 1.807) is 0 Å². The summed E-state index contributed by atoms with van der Waals surface area (Å²) >= 11 is 1.91. The predicted molar refractivity (Wildman–Crippen MR) is 89.6 cm³/mol. The summed E-state index contributed by atoms with van der Waals surface area (Å²) in [6, 6.07) is 14.3.